The third-order valence-corrected chi connectivity index (χ3v) is 2.95. The Kier molecular flexibility index (Phi) is 5.54. The summed E-state index contributed by atoms with van der Waals surface area (Å²) in [5.74, 6) is -0.372. The van der Waals surface area contributed by atoms with Gasteiger partial charge in [-0.3, -0.25) is 4.79 Å². The van der Waals surface area contributed by atoms with Crippen molar-refractivity contribution in [3.63, 3.8) is 0 Å². The van der Waals surface area contributed by atoms with Crippen LogP contribution in [0.4, 0.5) is 14.5 Å². The number of carbonyl (C=O) groups is 1. The molecule has 1 amide bonds. The molecular formula is C14H17F2N3O3. The average molecular weight is 313 g/mol. The predicted octanol–water partition coefficient (Wildman–Crippen LogP) is 1.34. The van der Waals surface area contributed by atoms with E-state index in [4.69, 9.17) is 10.5 Å². The summed E-state index contributed by atoms with van der Waals surface area (Å²) in [5.41, 5.74) is 5.83. The highest BCUT2D eigenvalue weighted by molar-refractivity contribution is 5.74. The number of alkyl halides is 2. The molecule has 2 N–H and O–H groups in total. The van der Waals surface area contributed by atoms with Gasteiger partial charge in [-0.2, -0.15) is 8.78 Å². The second-order valence-corrected chi connectivity index (χ2v) is 4.61. The van der Waals surface area contributed by atoms with Crippen molar-refractivity contribution in [1.82, 2.24) is 4.90 Å². The number of benzene rings is 1. The Bertz CT molecular complexity index is 523. The van der Waals surface area contributed by atoms with Crippen LogP contribution in [0.1, 0.15) is 0 Å². The summed E-state index contributed by atoms with van der Waals surface area (Å²) in [5, 5.41) is 0. The Morgan fingerprint density at radius 1 is 1.27 bits per heavy atom. The molecule has 1 heterocycles. The Labute approximate surface area is 126 Å². The third kappa shape index (κ3) is 4.88. The highest BCUT2D eigenvalue weighted by atomic mass is 19.3. The standard InChI is InChI=1S/C14H17F2N3O3/c15-14(16)22-12-3-1-11(2-4-12)19-6-5-18(10-19)7-8-21-9-13(17)20/h1-6,14H,7-10H2,(H2,17,20). The number of carbonyl (C=O) groups excluding carboxylic acids is 1. The maximum Gasteiger partial charge on any atom is 0.387 e. The van der Waals surface area contributed by atoms with Crippen LogP contribution in [-0.2, 0) is 9.53 Å². The van der Waals surface area contributed by atoms with Crippen molar-refractivity contribution in [2.75, 3.05) is 31.3 Å². The van der Waals surface area contributed by atoms with Crippen LogP contribution in [0.25, 0.3) is 0 Å². The lowest BCUT2D eigenvalue weighted by molar-refractivity contribution is -0.122. The first-order valence-electron chi connectivity index (χ1n) is 6.64. The summed E-state index contributed by atoms with van der Waals surface area (Å²) >= 11 is 0. The monoisotopic (exact) mass is 313 g/mol. The average Bonchev–Trinajstić information content (AvgIpc) is 2.92. The van der Waals surface area contributed by atoms with Gasteiger partial charge in [0.2, 0.25) is 5.91 Å². The molecule has 1 aromatic carbocycles. The van der Waals surface area contributed by atoms with Gasteiger partial charge in [0.1, 0.15) is 12.4 Å². The van der Waals surface area contributed by atoms with Crippen molar-refractivity contribution in [3.05, 3.63) is 36.7 Å². The van der Waals surface area contributed by atoms with Gasteiger partial charge in [-0.25, -0.2) is 0 Å². The number of rotatable bonds is 8. The van der Waals surface area contributed by atoms with Crippen molar-refractivity contribution < 1.29 is 23.0 Å². The van der Waals surface area contributed by atoms with Gasteiger partial charge in [-0.15, -0.1) is 0 Å². The molecule has 1 aromatic rings. The number of nitrogens with two attached hydrogens (primary N) is 1. The van der Waals surface area contributed by atoms with Gasteiger partial charge in [-0.1, -0.05) is 0 Å². The number of amides is 1. The summed E-state index contributed by atoms with van der Waals surface area (Å²) in [6, 6.07) is 6.40. The van der Waals surface area contributed by atoms with Crippen LogP contribution >= 0.6 is 0 Å². The molecule has 8 heteroatoms. The summed E-state index contributed by atoms with van der Waals surface area (Å²) < 4.78 is 33.6. The second kappa shape index (κ2) is 7.60. The minimum Gasteiger partial charge on any atom is -0.435 e. The van der Waals surface area contributed by atoms with E-state index in [9.17, 15) is 13.6 Å². The molecule has 22 heavy (non-hydrogen) atoms. The summed E-state index contributed by atoms with van der Waals surface area (Å²) in [4.78, 5) is 14.5. The van der Waals surface area contributed by atoms with E-state index in [1.54, 1.807) is 12.1 Å². The van der Waals surface area contributed by atoms with Crippen LogP contribution in [0, 0.1) is 0 Å². The molecule has 2 rings (SSSR count). The molecular weight excluding hydrogens is 296 g/mol. The maximum atomic E-state index is 12.1. The molecule has 0 aromatic heterocycles. The topological polar surface area (TPSA) is 68.0 Å². The quantitative estimate of drug-likeness (QED) is 0.734. The van der Waals surface area contributed by atoms with E-state index >= 15 is 0 Å². The molecule has 0 atom stereocenters. The molecule has 0 bridgehead atoms. The molecule has 1 aliphatic rings. The summed E-state index contributed by atoms with van der Waals surface area (Å²) in [6.07, 6.45) is 3.76. The van der Waals surface area contributed by atoms with E-state index in [1.807, 2.05) is 22.2 Å². The van der Waals surface area contributed by atoms with Crippen LogP contribution in [0.5, 0.6) is 5.75 Å². The summed E-state index contributed by atoms with van der Waals surface area (Å²) in [6.45, 7) is -1.30. The lowest BCUT2D eigenvalue weighted by Crippen LogP contribution is -2.29. The fourth-order valence-electron chi connectivity index (χ4n) is 1.95. The first-order valence-corrected chi connectivity index (χ1v) is 6.64. The van der Waals surface area contributed by atoms with Crippen molar-refractivity contribution in [3.8, 4) is 5.75 Å². The Hall–Kier alpha value is -2.35. The molecule has 0 spiro atoms. The molecule has 0 aliphatic carbocycles. The van der Waals surface area contributed by atoms with Crippen LogP contribution < -0.4 is 15.4 Å². The van der Waals surface area contributed by atoms with Gasteiger partial charge in [0.25, 0.3) is 0 Å². The van der Waals surface area contributed by atoms with Crippen LogP contribution in [0.3, 0.4) is 0 Å². The minimum atomic E-state index is -2.83. The zero-order valence-corrected chi connectivity index (χ0v) is 11.8. The Balaban J connectivity index is 1.78. The lowest BCUT2D eigenvalue weighted by atomic mass is 10.3. The van der Waals surface area contributed by atoms with E-state index in [1.165, 1.54) is 12.1 Å². The molecule has 0 unspecified atom stereocenters. The fourth-order valence-corrected chi connectivity index (χ4v) is 1.95. The molecule has 120 valence electrons. The number of ether oxygens (including phenoxy) is 2. The predicted molar refractivity (Wildman–Crippen MR) is 76.3 cm³/mol. The fraction of sp³-hybridized carbons (Fsp3) is 0.357. The smallest absolute Gasteiger partial charge is 0.387 e. The molecule has 6 nitrogen and oxygen atoms in total. The summed E-state index contributed by atoms with van der Waals surface area (Å²) in [7, 11) is 0. The van der Waals surface area contributed by atoms with E-state index in [0.717, 1.165) is 5.69 Å². The minimum absolute atomic E-state index is 0.0904. The largest absolute Gasteiger partial charge is 0.435 e. The van der Waals surface area contributed by atoms with E-state index in [-0.39, 0.29) is 12.4 Å². The molecule has 0 saturated heterocycles. The van der Waals surface area contributed by atoms with E-state index < -0.39 is 12.5 Å². The highest BCUT2D eigenvalue weighted by Crippen LogP contribution is 2.23. The lowest BCUT2D eigenvalue weighted by Gasteiger charge is -2.21. The number of nitrogens with zero attached hydrogens (tertiary/aromatic N) is 2. The van der Waals surface area contributed by atoms with E-state index in [0.29, 0.717) is 19.8 Å². The van der Waals surface area contributed by atoms with Gasteiger partial charge in [0, 0.05) is 24.6 Å². The number of anilines is 1. The Morgan fingerprint density at radius 2 is 2.00 bits per heavy atom. The van der Waals surface area contributed by atoms with Crippen molar-refractivity contribution in [2.45, 2.75) is 6.61 Å². The van der Waals surface area contributed by atoms with Crippen molar-refractivity contribution in [1.29, 1.82) is 0 Å². The van der Waals surface area contributed by atoms with Gasteiger partial charge in [-0.05, 0) is 24.3 Å². The Morgan fingerprint density at radius 3 is 2.64 bits per heavy atom. The molecule has 0 saturated carbocycles. The van der Waals surface area contributed by atoms with Crippen LogP contribution in [0.15, 0.2) is 36.7 Å². The first kappa shape index (κ1) is 16.0. The second-order valence-electron chi connectivity index (χ2n) is 4.61. The first-order chi connectivity index (χ1) is 10.5. The normalized spacial score (nSPS) is 14.0. The number of halogens is 2. The van der Waals surface area contributed by atoms with Crippen molar-refractivity contribution in [2.24, 2.45) is 5.73 Å². The molecule has 0 fully saturated rings. The van der Waals surface area contributed by atoms with Gasteiger partial charge in [0.15, 0.2) is 0 Å². The molecule has 0 radical (unpaired) electrons. The van der Waals surface area contributed by atoms with Gasteiger partial charge in [0.05, 0.1) is 13.3 Å². The highest BCUT2D eigenvalue weighted by Gasteiger charge is 2.14. The molecule has 1 aliphatic heterocycles. The zero-order valence-electron chi connectivity index (χ0n) is 11.8. The van der Waals surface area contributed by atoms with Gasteiger partial charge < -0.3 is 25.0 Å². The SMILES string of the molecule is NC(=O)COCCN1C=CN(c2ccc(OC(F)F)cc2)C1. The number of hydrogen-bond donors (Lipinski definition) is 1. The van der Waals surface area contributed by atoms with E-state index in [2.05, 4.69) is 4.74 Å². The van der Waals surface area contributed by atoms with Crippen molar-refractivity contribution >= 4 is 11.6 Å². The number of primary amides is 1. The van der Waals surface area contributed by atoms with Gasteiger partial charge >= 0.3 is 6.61 Å². The van der Waals surface area contributed by atoms with Crippen LogP contribution in [-0.4, -0.2) is 43.8 Å². The van der Waals surface area contributed by atoms with Crippen LogP contribution in [0.2, 0.25) is 0 Å². The number of hydrogen-bond acceptors (Lipinski definition) is 5. The maximum absolute atomic E-state index is 12.1. The zero-order chi connectivity index (χ0) is 15.9. The third-order valence-electron chi connectivity index (χ3n) is 2.95.